The number of hydrogen-bond donors (Lipinski definition) is 0. The van der Waals surface area contributed by atoms with E-state index in [2.05, 4.69) is 65.8 Å². The normalized spacial score (nSPS) is 18.7. The van der Waals surface area contributed by atoms with Crippen LogP contribution in [0.5, 0.6) is 0 Å². The zero-order valence-electron chi connectivity index (χ0n) is 25.4. The first-order chi connectivity index (χ1) is 18.3. The lowest BCUT2D eigenvalue weighted by atomic mass is 9.87. The zero-order valence-corrected chi connectivity index (χ0v) is 25.4. The third-order valence-corrected chi connectivity index (χ3v) is 7.15. The van der Waals surface area contributed by atoms with E-state index in [0.29, 0.717) is 13.2 Å². The molecule has 2 aliphatic rings. The Labute approximate surface area is 234 Å². The van der Waals surface area contributed by atoms with Gasteiger partial charge in [-0.3, -0.25) is 9.59 Å². The van der Waals surface area contributed by atoms with Crippen molar-refractivity contribution in [3.63, 3.8) is 0 Å². The summed E-state index contributed by atoms with van der Waals surface area (Å²) in [6, 6.07) is 0. The molecule has 0 aliphatic heterocycles. The van der Waals surface area contributed by atoms with Crippen molar-refractivity contribution in [2.75, 3.05) is 13.2 Å². The first kappa shape index (κ1) is 33.9. The summed E-state index contributed by atoms with van der Waals surface area (Å²) in [4.78, 5) is 23.8. The molecule has 0 spiro atoms. The van der Waals surface area contributed by atoms with Gasteiger partial charge in [0.2, 0.25) is 0 Å². The fraction of sp³-hybridized carbons (Fsp3) is 0.706. The highest BCUT2D eigenvalue weighted by molar-refractivity contribution is 5.73. The Morgan fingerprint density at radius 3 is 1.84 bits per heavy atom. The quantitative estimate of drug-likeness (QED) is 0.128. The van der Waals surface area contributed by atoms with Gasteiger partial charge in [0.15, 0.2) is 0 Å². The van der Waals surface area contributed by atoms with E-state index in [1.165, 1.54) is 22.3 Å². The van der Waals surface area contributed by atoms with E-state index in [1.807, 2.05) is 0 Å². The number of unbranched alkanes of at least 4 members (excludes halogenated alkanes) is 2. The van der Waals surface area contributed by atoms with Crippen LogP contribution in [-0.2, 0) is 19.1 Å². The van der Waals surface area contributed by atoms with Gasteiger partial charge in [-0.2, -0.15) is 0 Å². The molecule has 0 saturated carbocycles. The van der Waals surface area contributed by atoms with Gasteiger partial charge in [-0.15, -0.1) is 0 Å². The third-order valence-electron chi connectivity index (χ3n) is 7.15. The fourth-order valence-electron chi connectivity index (χ4n) is 4.69. The summed E-state index contributed by atoms with van der Waals surface area (Å²) in [6.45, 7) is 13.9. The molecule has 2 atom stereocenters. The molecule has 0 saturated heterocycles. The second-order valence-electron chi connectivity index (χ2n) is 11.4. The van der Waals surface area contributed by atoms with Gasteiger partial charge in [-0.1, -0.05) is 73.3 Å². The number of carbonyl (C=O) groups is 2. The van der Waals surface area contributed by atoms with Crippen LogP contribution in [-0.4, -0.2) is 25.2 Å². The number of esters is 2. The standard InChI is InChI=1S/2C17H28O2/c1-4-5-12-19-17(18)16-11-7-10-15(13-16)9-6-8-14(2)3;1-4-5-13-19-17(18)16-11-9-15(10-12-16)8-6-7-14(2)3/h8,10,16H,4-7,9,11-13H2,1-3H3;7,9,16H,4-6,8,10-13H2,1-3H3. The van der Waals surface area contributed by atoms with Gasteiger partial charge >= 0.3 is 11.9 Å². The van der Waals surface area contributed by atoms with Crippen LogP contribution in [0, 0.1) is 11.8 Å². The lowest BCUT2D eigenvalue weighted by Gasteiger charge is -2.21. The molecule has 0 radical (unpaired) electrons. The van der Waals surface area contributed by atoms with Crippen molar-refractivity contribution in [1.82, 2.24) is 0 Å². The van der Waals surface area contributed by atoms with Crippen LogP contribution < -0.4 is 0 Å². The topological polar surface area (TPSA) is 52.6 Å². The van der Waals surface area contributed by atoms with E-state index >= 15 is 0 Å². The summed E-state index contributed by atoms with van der Waals surface area (Å²) >= 11 is 0. The number of hydrogen-bond acceptors (Lipinski definition) is 4. The summed E-state index contributed by atoms with van der Waals surface area (Å²) in [7, 11) is 0. The molecule has 0 bridgehead atoms. The molecule has 0 fully saturated rings. The van der Waals surface area contributed by atoms with Crippen LogP contribution in [0.2, 0.25) is 0 Å². The number of allylic oxidation sites excluding steroid dienone is 8. The van der Waals surface area contributed by atoms with Gasteiger partial charge in [-0.05, 0) is 105 Å². The van der Waals surface area contributed by atoms with Crippen molar-refractivity contribution in [1.29, 1.82) is 0 Å². The maximum Gasteiger partial charge on any atom is 0.309 e. The largest absolute Gasteiger partial charge is 0.465 e. The minimum Gasteiger partial charge on any atom is -0.465 e. The van der Waals surface area contributed by atoms with Crippen molar-refractivity contribution < 1.29 is 19.1 Å². The molecule has 2 unspecified atom stereocenters. The van der Waals surface area contributed by atoms with Crippen LogP contribution in [0.4, 0.5) is 0 Å². The molecule has 0 aromatic rings. The van der Waals surface area contributed by atoms with E-state index in [9.17, 15) is 9.59 Å². The summed E-state index contributed by atoms with van der Waals surface area (Å²) in [6.07, 6.45) is 23.4. The molecule has 0 aromatic heterocycles. The van der Waals surface area contributed by atoms with E-state index in [0.717, 1.165) is 89.9 Å². The zero-order chi connectivity index (χ0) is 28.2. The molecule has 38 heavy (non-hydrogen) atoms. The number of rotatable bonds is 14. The minimum atomic E-state index is 0.00745. The average molecular weight is 529 g/mol. The summed E-state index contributed by atoms with van der Waals surface area (Å²) in [5.41, 5.74) is 5.69. The Kier molecular flexibility index (Phi) is 18.6. The number of ether oxygens (including phenoxy) is 2. The van der Waals surface area contributed by atoms with Crippen LogP contribution in [0.3, 0.4) is 0 Å². The molecule has 0 amide bonds. The van der Waals surface area contributed by atoms with Gasteiger partial charge in [0, 0.05) is 0 Å². The highest BCUT2D eigenvalue weighted by atomic mass is 16.5. The maximum absolute atomic E-state index is 11.9. The van der Waals surface area contributed by atoms with Gasteiger partial charge in [0.05, 0.1) is 25.0 Å². The SMILES string of the molecule is CCCCOC(=O)C1CC=C(CCC=C(C)C)CC1.CCCCOC(=O)C1CCC=C(CCC=C(C)C)C1. The van der Waals surface area contributed by atoms with E-state index in [1.54, 1.807) is 0 Å². The summed E-state index contributed by atoms with van der Waals surface area (Å²) in [5, 5.41) is 0. The molecule has 0 N–H and O–H groups in total. The molecule has 2 rings (SSSR count). The predicted molar refractivity (Wildman–Crippen MR) is 160 cm³/mol. The minimum absolute atomic E-state index is 0.00745. The highest BCUT2D eigenvalue weighted by Crippen LogP contribution is 2.29. The maximum atomic E-state index is 11.9. The van der Waals surface area contributed by atoms with Crippen molar-refractivity contribution in [3.8, 4) is 0 Å². The van der Waals surface area contributed by atoms with Crippen LogP contribution >= 0.6 is 0 Å². The van der Waals surface area contributed by atoms with Crippen LogP contribution in [0.25, 0.3) is 0 Å². The Morgan fingerprint density at radius 2 is 1.34 bits per heavy atom. The van der Waals surface area contributed by atoms with Crippen molar-refractivity contribution in [2.24, 2.45) is 11.8 Å². The first-order valence-electron chi connectivity index (χ1n) is 15.2. The van der Waals surface area contributed by atoms with Crippen LogP contribution in [0.1, 0.15) is 131 Å². The number of carbonyl (C=O) groups excluding carboxylic acids is 2. The first-order valence-corrected chi connectivity index (χ1v) is 15.2. The highest BCUT2D eigenvalue weighted by Gasteiger charge is 2.24. The summed E-state index contributed by atoms with van der Waals surface area (Å²) in [5.74, 6) is 0.224. The molecule has 216 valence electrons. The molecule has 0 heterocycles. The van der Waals surface area contributed by atoms with E-state index in [4.69, 9.17) is 9.47 Å². The molecule has 4 nitrogen and oxygen atoms in total. The van der Waals surface area contributed by atoms with Gasteiger partial charge in [-0.25, -0.2) is 0 Å². The van der Waals surface area contributed by atoms with Gasteiger partial charge in [0.1, 0.15) is 0 Å². The van der Waals surface area contributed by atoms with Crippen molar-refractivity contribution >= 4 is 11.9 Å². The van der Waals surface area contributed by atoms with Crippen LogP contribution in [0.15, 0.2) is 46.6 Å². The Bertz CT molecular complexity index is 806. The van der Waals surface area contributed by atoms with Crippen molar-refractivity contribution in [2.45, 2.75) is 131 Å². The second-order valence-corrected chi connectivity index (χ2v) is 11.4. The second kappa shape index (κ2) is 20.8. The Balaban J connectivity index is 0.000000380. The van der Waals surface area contributed by atoms with E-state index in [-0.39, 0.29) is 23.8 Å². The van der Waals surface area contributed by atoms with Gasteiger partial charge < -0.3 is 9.47 Å². The van der Waals surface area contributed by atoms with Gasteiger partial charge in [0.25, 0.3) is 0 Å². The Morgan fingerprint density at radius 1 is 0.789 bits per heavy atom. The fourth-order valence-corrected chi connectivity index (χ4v) is 4.69. The Hall–Kier alpha value is -2.10. The lowest BCUT2D eigenvalue weighted by molar-refractivity contribution is -0.149. The molecular formula is C34H56O4. The molecule has 0 aromatic carbocycles. The smallest absolute Gasteiger partial charge is 0.309 e. The van der Waals surface area contributed by atoms with Crippen molar-refractivity contribution in [3.05, 3.63) is 46.6 Å². The lowest BCUT2D eigenvalue weighted by Crippen LogP contribution is -2.21. The third kappa shape index (κ3) is 16.0. The monoisotopic (exact) mass is 528 g/mol. The van der Waals surface area contributed by atoms with E-state index < -0.39 is 0 Å². The average Bonchev–Trinajstić information content (AvgIpc) is 2.89. The molecular weight excluding hydrogens is 472 g/mol. The predicted octanol–water partition coefficient (Wildman–Crippen LogP) is 9.61. The summed E-state index contributed by atoms with van der Waals surface area (Å²) < 4.78 is 10.6. The molecule has 2 aliphatic carbocycles. The molecule has 4 heteroatoms.